The molecule has 11 heteroatoms. The Morgan fingerprint density at radius 2 is 2.08 bits per heavy atom. The zero-order valence-corrected chi connectivity index (χ0v) is 13.8. The van der Waals surface area contributed by atoms with Crippen LogP contribution in [0.3, 0.4) is 0 Å². The second kappa shape index (κ2) is 6.14. The van der Waals surface area contributed by atoms with Gasteiger partial charge in [0.15, 0.2) is 6.23 Å². The van der Waals surface area contributed by atoms with Crippen LogP contribution in [-0.4, -0.2) is 34.3 Å². The Morgan fingerprint density at radius 1 is 1.33 bits per heavy atom. The number of aryl methyl sites for hydroxylation is 1. The lowest BCUT2D eigenvalue weighted by Gasteiger charge is -2.17. The van der Waals surface area contributed by atoms with Crippen molar-refractivity contribution in [3.05, 3.63) is 44.8 Å². The van der Waals surface area contributed by atoms with Crippen molar-refractivity contribution in [1.82, 2.24) is 14.6 Å². The highest BCUT2D eigenvalue weighted by Gasteiger charge is 2.42. The van der Waals surface area contributed by atoms with Gasteiger partial charge in [0.25, 0.3) is 5.56 Å². The zero-order valence-electron chi connectivity index (χ0n) is 12.9. The van der Waals surface area contributed by atoms with Gasteiger partial charge in [-0.1, -0.05) is 6.08 Å². The molecule has 24 heavy (non-hydrogen) atoms. The Labute approximate surface area is 136 Å². The van der Waals surface area contributed by atoms with Crippen LogP contribution in [-0.2, 0) is 23.1 Å². The van der Waals surface area contributed by atoms with E-state index in [0.717, 1.165) is 0 Å². The topological polar surface area (TPSA) is 129 Å². The maximum atomic E-state index is 12.1. The first kappa shape index (κ1) is 16.8. The van der Waals surface area contributed by atoms with Crippen molar-refractivity contribution in [3.8, 4) is 0 Å². The van der Waals surface area contributed by atoms with E-state index in [4.69, 9.17) is 9.26 Å². The fourth-order valence-electron chi connectivity index (χ4n) is 2.27. The highest BCUT2D eigenvalue weighted by molar-refractivity contribution is 7.52. The van der Waals surface area contributed by atoms with E-state index in [9.17, 15) is 18.9 Å². The average Bonchev–Trinajstić information content (AvgIpc) is 3.06. The van der Waals surface area contributed by atoms with Crippen LogP contribution in [0.2, 0.25) is 0 Å². The summed E-state index contributed by atoms with van der Waals surface area (Å²) >= 11 is 0. The van der Waals surface area contributed by atoms with E-state index in [1.807, 2.05) is 0 Å². The van der Waals surface area contributed by atoms with Gasteiger partial charge in [-0.05, 0) is 19.9 Å². The molecule has 0 aliphatic carbocycles. The minimum Gasteiger partial charge on any atom is -0.379 e. The number of hydrogen-bond donors (Lipinski definition) is 2. The molecular weight excluding hydrogens is 341 g/mol. The van der Waals surface area contributed by atoms with Gasteiger partial charge in [-0.15, -0.1) is 0 Å². The predicted octanol–water partition coefficient (Wildman–Crippen LogP) is -0.0418. The van der Waals surface area contributed by atoms with Crippen molar-refractivity contribution >= 4 is 13.7 Å². The standard InChI is InChI=1S/C13H16N3O7P/c1-7-5-16(13(19)14-11(7)17)10-4-3-9(22-10)6-21-24(20)15-8(2)12(18)23-24/h3-5,8-10H,6H2,1-2H3,(H,15,20)(H,14,17,19)/t8?,9-,10+,24?/m0/s1. The SMILES string of the molecule is Cc1cn([C@H]2C=C[C@@H](COP3(=O)NC(C)C(=O)O3)O2)c(=O)[nH]c1=O. The monoisotopic (exact) mass is 357 g/mol. The van der Waals surface area contributed by atoms with Gasteiger partial charge in [-0.2, -0.15) is 5.09 Å². The minimum absolute atomic E-state index is 0.131. The lowest BCUT2D eigenvalue weighted by atomic mass is 10.3. The van der Waals surface area contributed by atoms with Crippen LogP contribution in [0.1, 0.15) is 18.7 Å². The quantitative estimate of drug-likeness (QED) is 0.567. The first-order chi connectivity index (χ1) is 11.3. The molecule has 2 aliphatic heterocycles. The minimum atomic E-state index is -3.68. The Hall–Kier alpha value is -2.00. The summed E-state index contributed by atoms with van der Waals surface area (Å²) in [4.78, 5) is 36.7. The van der Waals surface area contributed by atoms with E-state index in [1.165, 1.54) is 17.7 Å². The predicted molar refractivity (Wildman–Crippen MR) is 81.4 cm³/mol. The highest BCUT2D eigenvalue weighted by atomic mass is 31.2. The largest absolute Gasteiger partial charge is 0.461 e. The Bertz CT molecular complexity index is 858. The van der Waals surface area contributed by atoms with E-state index < -0.39 is 43.3 Å². The van der Waals surface area contributed by atoms with Crippen molar-refractivity contribution in [1.29, 1.82) is 0 Å². The zero-order chi connectivity index (χ0) is 17.5. The van der Waals surface area contributed by atoms with Crippen LogP contribution in [0.5, 0.6) is 0 Å². The normalized spacial score (nSPS) is 32.2. The third-order valence-corrected chi connectivity index (χ3v) is 5.16. The molecule has 0 saturated carbocycles. The summed E-state index contributed by atoms with van der Waals surface area (Å²) in [6.07, 6.45) is 3.32. The summed E-state index contributed by atoms with van der Waals surface area (Å²) in [6, 6.07) is -0.702. The number of H-pyrrole nitrogens is 1. The third-order valence-electron chi connectivity index (χ3n) is 3.55. The fourth-order valence-corrected chi connectivity index (χ4v) is 3.76. The first-order valence-corrected chi connectivity index (χ1v) is 8.73. The summed E-state index contributed by atoms with van der Waals surface area (Å²) < 4.78 is 28.8. The first-order valence-electron chi connectivity index (χ1n) is 7.19. The van der Waals surface area contributed by atoms with Crippen molar-refractivity contribution in [3.63, 3.8) is 0 Å². The van der Waals surface area contributed by atoms with Crippen LogP contribution < -0.4 is 16.3 Å². The van der Waals surface area contributed by atoms with Gasteiger partial charge >= 0.3 is 19.4 Å². The van der Waals surface area contributed by atoms with Gasteiger partial charge in [-0.3, -0.25) is 18.9 Å². The van der Waals surface area contributed by atoms with Crippen LogP contribution in [0.25, 0.3) is 0 Å². The molecule has 2 unspecified atom stereocenters. The lowest BCUT2D eigenvalue weighted by Crippen LogP contribution is -2.33. The van der Waals surface area contributed by atoms with E-state index >= 15 is 0 Å². The molecule has 130 valence electrons. The Balaban J connectivity index is 1.63. The van der Waals surface area contributed by atoms with Gasteiger partial charge in [0.1, 0.15) is 12.1 Å². The molecule has 1 aromatic heterocycles. The molecule has 0 amide bonds. The van der Waals surface area contributed by atoms with Crippen molar-refractivity contribution in [2.45, 2.75) is 32.2 Å². The molecule has 2 N–H and O–H groups in total. The number of rotatable bonds is 4. The van der Waals surface area contributed by atoms with E-state index in [0.29, 0.717) is 5.56 Å². The number of ether oxygens (including phenoxy) is 1. The summed E-state index contributed by atoms with van der Waals surface area (Å²) in [6.45, 7) is 2.95. The Kier molecular flexibility index (Phi) is 4.31. The van der Waals surface area contributed by atoms with Gasteiger partial charge in [-0.25, -0.2) is 14.2 Å². The summed E-state index contributed by atoms with van der Waals surface area (Å²) in [5, 5.41) is 2.46. The molecule has 0 bridgehead atoms. The lowest BCUT2D eigenvalue weighted by molar-refractivity contribution is -0.133. The maximum Gasteiger partial charge on any atom is 0.461 e. The molecule has 0 radical (unpaired) electrons. The Morgan fingerprint density at radius 3 is 2.75 bits per heavy atom. The molecule has 3 rings (SSSR count). The number of carbonyl (C=O) groups excluding carboxylic acids is 1. The molecular formula is C13H16N3O7P. The summed E-state index contributed by atoms with van der Waals surface area (Å²) in [7, 11) is -3.68. The molecule has 0 aromatic carbocycles. The van der Waals surface area contributed by atoms with E-state index in [2.05, 4.69) is 14.6 Å². The van der Waals surface area contributed by atoms with Crippen LogP contribution in [0.4, 0.5) is 0 Å². The van der Waals surface area contributed by atoms with Gasteiger partial charge < -0.3 is 9.26 Å². The number of nitrogens with zero attached hydrogens (tertiary/aromatic N) is 1. The van der Waals surface area contributed by atoms with Gasteiger partial charge in [0.2, 0.25) is 0 Å². The fraction of sp³-hybridized carbons (Fsp3) is 0.462. The van der Waals surface area contributed by atoms with Gasteiger partial charge in [0, 0.05) is 11.8 Å². The number of carbonyl (C=O) groups is 1. The molecule has 0 spiro atoms. The van der Waals surface area contributed by atoms with E-state index in [-0.39, 0.29) is 6.61 Å². The number of aromatic nitrogens is 2. The highest BCUT2D eigenvalue weighted by Crippen LogP contribution is 2.49. The summed E-state index contributed by atoms with van der Waals surface area (Å²) in [5.41, 5.74) is -0.693. The van der Waals surface area contributed by atoms with Crippen molar-refractivity contribution in [2.75, 3.05) is 6.61 Å². The molecule has 2 aliphatic rings. The van der Waals surface area contributed by atoms with Crippen LogP contribution in [0.15, 0.2) is 27.9 Å². The van der Waals surface area contributed by atoms with Crippen LogP contribution in [0, 0.1) is 6.92 Å². The maximum absolute atomic E-state index is 12.1. The third kappa shape index (κ3) is 3.27. The molecule has 4 atom stereocenters. The average molecular weight is 357 g/mol. The molecule has 3 heterocycles. The molecule has 1 saturated heterocycles. The number of aromatic amines is 1. The van der Waals surface area contributed by atoms with Crippen molar-refractivity contribution < 1.29 is 23.1 Å². The van der Waals surface area contributed by atoms with Crippen molar-refractivity contribution in [2.24, 2.45) is 0 Å². The van der Waals surface area contributed by atoms with Gasteiger partial charge in [0.05, 0.1) is 6.61 Å². The molecule has 1 fully saturated rings. The molecule has 10 nitrogen and oxygen atoms in total. The number of hydrogen-bond acceptors (Lipinski definition) is 7. The molecule has 1 aromatic rings. The second-order valence-corrected chi connectivity index (χ2v) is 7.18. The smallest absolute Gasteiger partial charge is 0.379 e. The number of nitrogens with one attached hydrogen (secondary N) is 2. The second-order valence-electron chi connectivity index (χ2n) is 5.48. The summed E-state index contributed by atoms with van der Waals surface area (Å²) in [5.74, 6) is -0.644. The van der Waals surface area contributed by atoms with Crippen LogP contribution >= 0.6 is 7.75 Å². The van der Waals surface area contributed by atoms with E-state index in [1.54, 1.807) is 19.1 Å².